The van der Waals surface area contributed by atoms with E-state index >= 15 is 0 Å². The molecule has 0 fully saturated rings. The number of amides is 1. The predicted octanol–water partition coefficient (Wildman–Crippen LogP) is 1.87. The molecule has 0 aliphatic rings. The van der Waals surface area contributed by atoms with Crippen molar-refractivity contribution in [2.45, 2.75) is 38.8 Å². The van der Waals surface area contributed by atoms with Crippen molar-refractivity contribution in [2.75, 3.05) is 6.61 Å². The lowest BCUT2D eigenvalue weighted by atomic mass is 10.1. The molecule has 0 spiro atoms. The van der Waals surface area contributed by atoms with Crippen LogP contribution in [0.5, 0.6) is 5.75 Å². The molecular formula is C14H20FNO3. The Kier molecular flexibility index (Phi) is 5.30. The molecule has 1 amide bonds. The molecule has 0 heterocycles. The van der Waals surface area contributed by atoms with Crippen LogP contribution < -0.4 is 10.1 Å². The summed E-state index contributed by atoms with van der Waals surface area (Å²) in [7, 11) is 0. The van der Waals surface area contributed by atoms with Crippen LogP contribution in [0.1, 0.15) is 27.2 Å². The quantitative estimate of drug-likeness (QED) is 0.829. The SMILES string of the molecule is CC(CCO)NC(=O)C(C)(C)Oc1ccc(F)cc1. The highest BCUT2D eigenvalue weighted by molar-refractivity contribution is 5.84. The first-order valence-corrected chi connectivity index (χ1v) is 6.21. The summed E-state index contributed by atoms with van der Waals surface area (Å²) < 4.78 is 18.3. The number of aliphatic hydroxyl groups is 1. The average Bonchev–Trinajstić information content (AvgIpc) is 2.32. The molecule has 4 nitrogen and oxygen atoms in total. The van der Waals surface area contributed by atoms with Gasteiger partial charge in [0.15, 0.2) is 5.60 Å². The summed E-state index contributed by atoms with van der Waals surface area (Å²) >= 11 is 0. The molecule has 19 heavy (non-hydrogen) atoms. The number of aliphatic hydroxyl groups excluding tert-OH is 1. The minimum absolute atomic E-state index is 0.0146. The Labute approximate surface area is 112 Å². The second-order valence-corrected chi connectivity index (χ2v) is 4.95. The average molecular weight is 269 g/mol. The van der Waals surface area contributed by atoms with Gasteiger partial charge in [-0.15, -0.1) is 0 Å². The number of halogens is 1. The molecule has 0 aromatic heterocycles. The topological polar surface area (TPSA) is 58.6 Å². The van der Waals surface area contributed by atoms with Gasteiger partial charge in [0, 0.05) is 12.6 Å². The highest BCUT2D eigenvalue weighted by Gasteiger charge is 2.30. The summed E-state index contributed by atoms with van der Waals surface area (Å²) in [6.07, 6.45) is 0.484. The van der Waals surface area contributed by atoms with Crippen molar-refractivity contribution in [3.05, 3.63) is 30.1 Å². The second-order valence-electron chi connectivity index (χ2n) is 4.95. The van der Waals surface area contributed by atoms with Crippen molar-refractivity contribution in [3.8, 4) is 5.75 Å². The first kappa shape index (κ1) is 15.4. The maximum absolute atomic E-state index is 12.8. The molecule has 1 rings (SSSR count). The van der Waals surface area contributed by atoms with E-state index in [1.54, 1.807) is 13.8 Å². The molecule has 0 saturated heterocycles. The summed E-state index contributed by atoms with van der Waals surface area (Å²) in [5, 5.41) is 11.6. The number of carbonyl (C=O) groups excluding carboxylic acids is 1. The van der Waals surface area contributed by atoms with E-state index in [4.69, 9.17) is 9.84 Å². The fraction of sp³-hybridized carbons (Fsp3) is 0.500. The number of benzene rings is 1. The van der Waals surface area contributed by atoms with E-state index in [0.717, 1.165) is 0 Å². The van der Waals surface area contributed by atoms with Gasteiger partial charge >= 0.3 is 0 Å². The fourth-order valence-electron chi connectivity index (χ4n) is 1.51. The number of ether oxygens (including phenoxy) is 1. The second kappa shape index (κ2) is 6.52. The van der Waals surface area contributed by atoms with Gasteiger partial charge in [0.2, 0.25) is 0 Å². The lowest BCUT2D eigenvalue weighted by Gasteiger charge is -2.27. The maximum atomic E-state index is 12.8. The molecule has 1 aromatic carbocycles. The number of hydrogen-bond donors (Lipinski definition) is 2. The summed E-state index contributed by atoms with van der Waals surface area (Å²) in [4.78, 5) is 12.0. The molecule has 2 N–H and O–H groups in total. The minimum atomic E-state index is -1.07. The number of carbonyl (C=O) groups is 1. The summed E-state index contributed by atoms with van der Waals surface area (Å²) in [6, 6.07) is 5.37. The molecular weight excluding hydrogens is 249 g/mol. The predicted molar refractivity (Wildman–Crippen MR) is 70.4 cm³/mol. The van der Waals surface area contributed by atoms with Gasteiger partial charge in [0.25, 0.3) is 5.91 Å². The normalized spacial score (nSPS) is 12.9. The van der Waals surface area contributed by atoms with Gasteiger partial charge in [-0.25, -0.2) is 4.39 Å². The van der Waals surface area contributed by atoms with Gasteiger partial charge in [-0.3, -0.25) is 4.79 Å². The highest BCUT2D eigenvalue weighted by atomic mass is 19.1. The monoisotopic (exact) mass is 269 g/mol. The zero-order valence-electron chi connectivity index (χ0n) is 11.4. The Bertz CT molecular complexity index is 417. The first-order chi connectivity index (χ1) is 8.85. The first-order valence-electron chi connectivity index (χ1n) is 6.21. The zero-order chi connectivity index (χ0) is 14.5. The fourth-order valence-corrected chi connectivity index (χ4v) is 1.51. The van der Waals surface area contributed by atoms with E-state index in [2.05, 4.69) is 5.32 Å². The van der Waals surface area contributed by atoms with Crippen LogP contribution in [-0.4, -0.2) is 29.3 Å². The summed E-state index contributed by atoms with van der Waals surface area (Å²) in [6.45, 7) is 5.09. The summed E-state index contributed by atoms with van der Waals surface area (Å²) in [5.74, 6) is -0.208. The van der Waals surface area contributed by atoms with E-state index in [1.807, 2.05) is 6.92 Å². The van der Waals surface area contributed by atoms with Crippen LogP contribution in [0.25, 0.3) is 0 Å². The number of hydrogen-bond acceptors (Lipinski definition) is 3. The van der Waals surface area contributed by atoms with Gasteiger partial charge < -0.3 is 15.2 Å². The molecule has 106 valence electrons. The van der Waals surface area contributed by atoms with Crippen LogP contribution in [0.3, 0.4) is 0 Å². The van der Waals surface area contributed by atoms with Crippen molar-refractivity contribution in [3.63, 3.8) is 0 Å². The van der Waals surface area contributed by atoms with E-state index in [0.29, 0.717) is 12.2 Å². The van der Waals surface area contributed by atoms with Crippen LogP contribution in [-0.2, 0) is 4.79 Å². The molecule has 1 aromatic rings. The zero-order valence-corrected chi connectivity index (χ0v) is 11.4. The molecule has 0 radical (unpaired) electrons. The Hall–Kier alpha value is -1.62. The van der Waals surface area contributed by atoms with Gasteiger partial charge in [-0.1, -0.05) is 0 Å². The summed E-state index contributed by atoms with van der Waals surface area (Å²) in [5.41, 5.74) is -1.07. The van der Waals surface area contributed by atoms with E-state index in [9.17, 15) is 9.18 Å². The van der Waals surface area contributed by atoms with Crippen LogP contribution in [0, 0.1) is 5.82 Å². The van der Waals surface area contributed by atoms with Crippen LogP contribution in [0.2, 0.25) is 0 Å². The minimum Gasteiger partial charge on any atom is -0.478 e. The van der Waals surface area contributed by atoms with Crippen molar-refractivity contribution < 1.29 is 19.0 Å². The third-order valence-corrected chi connectivity index (χ3v) is 2.67. The molecule has 1 unspecified atom stereocenters. The van der Waals surface area contributed by atoms with Gasteiger partial charge in [0.05, 0.1) is 0 Å². The van der Waals surface area contributed by atoms with Gasteiger partial charge in [-0.2, -0.15) is 0 Å². The Morgan fingerprint density at radius 3 is 2.53 bits per heavy atom. The molecule has 1 atom stereocenters. The van der Waals surface area contributed by atoms with Crippen molar-refractivity contribution >= 4 is 5.91 Å². The van der Waals surface area contributed by atoms with Crippen molar-refractivity contribution in [1.82, 2.24) is 5.32 Å². The lowest BCUT2D eigenvalue weighted by Crippen LogP contribution is -2.49. The molecule has 0 aliphatic carbocycles. The molecule has 0 saturated carbocycles. The third kappa shape index (κ3) is 4.87. The smallest absolute Gasteiger partial charge is 0.263 e. The maximum Gasteiger partial charge on any atom is 0.263 e. The van der Waals surface area contributed by atoms with E-state index in [-0.39, 0.29) is 24.4 Å². The van der Waals surface area contributed by atoms with E-state index in [1.165, 1.54) is 24.3 Å². The van der Waals surface area contributed by atoms with E-state index < -0.39 is 5.60 Å². The lowest BCUT2D eigenvalue weighted by molar-refractivity contribution is -0.134. The molecule has 5 heteroatoms. The number of nitrogens with one attached hydrogen (secondary N) is 1. The Morgan fingerprint density at radius 2 is 2.00 bits per heavy atom. The van der Waals surface area contributed by atoms with Crippen LogP contribution >= 0.6 is 0 Å². The van der Waals surface area contributed by atoms with Gasteiger partial charge in [0.1, 0.15) is 11.6 Å². The third-order valence-electron chi connectivity index (χ3n) is 2.67. The number of rotatable bonds is 6. The Morgan fingerprint density at radius 1 is 1.42 bits per heavy atom. The molecule has 0 bridgehead atoms. The molecule has 0 aliphatic heterocycles. The van der Waals surface area contributed by atoms with Crippen LogP contribution in [0.4, 0.5) is 4.39 Å². The van der Waals surface area contributed by atoms with Crippen molar-refractivity contribution in [1.29, 1.82) is 0 Å². The highest BCUT2D eigenvalue weighted by Crippen LogP contribution is 2.19. The van der Waals surface area contributed by atoms with Crippen LogP contribution in [0.15, 0.2) is 24.3 Å². The largest absolute Gasteiger partial charge is 0.478 e. The standard InChI is InChI=1S/C14H20FNO3/c1-10(8-9-17)16-13(18)14(2,3)19-12-6-4-11(15)5-7-12/h4-7,10,17H,8-9H2,1-3H3,(H,16,18). The van der Waals surface area contributed by atoms with Crippen molar-refractivity contribution in [2.24, 2.45) is 0 Å². The Balaban J connectivity index is 2.64. The van der Waals surface area contributed by atoms with Gasteiger partial charge in [-0.05, 0) is 51.5 Å².